The highest BCUT2D eigenvalue weighted by molar-refractivity contribution is 6.00. The first-order valence-corrected chi connectivity index (χ1v) is 5.63. The highest BCUT2D eigenvalue weighted by Crippen LogP contribution is 2.34. The van der Waals surface area contributed by atoms with E-state index in [4.69, 9.17) is 0 Å². The van der Waals surface area contributed by atoms with Gasteiger partial charge in [0.05, 0.1) is 11.2 Å². The van der Waals surface area contributed by atoms with Gasteiger partial charge in [0.15, 0.2) is 6.29 Å². The predicted molar refractivity (Wildman–Crippen MR) is 67.3 cm³/mol. The highest BCUT2D eigenvalue weighted by Gasteiger charge is 2.27. The summed E-state index contributed by atoms with van der Waals surface area (Å²) in [5.41, 5.74) is 1.83. The third-order valence-corrected chi connectivity index (χ3v) is 3.00. The van der Waals surface area contributed by atoms with Crippen LogP contribution in [-0.2, 0) is 5.41 Å². The Morgan fingerprint density at radius 3 is 2.47 bits per heavy atom. The number of aldehydes is 1. The van der Waals surface area contributed by atoms with Crippen molar-refractivity contribution in [1.29, 1.82) is 0 Å². The van der Waals surface area contributed by atoms with E-state index in [-0.39, 0.29) is 0 Å². The number of fused-ring (bicyclic) bond motifs is 1. The van der Waals surface area contributed by atoms with Crippen LogP contribution in [0.25, 0.3) is 10.9 Å². The van der Waals surface area contributed by atoms with Crippen molar-refractivity contribution >= 4 is 17.2 Å². The Morgan fingerprint density at radius 1 is 1.29 bits per heavy atom. The average molecular weight is 233 g/mol. The summed E-state index contributed by atoms with van der Waals surface area (Å²) in [7, 11) is 0. The first-order chi connectivity index (χ1) is 7.88. The van der Waals surface area contributed by atoms with E-state index in [2.05, 4.69) is 0 Å². The molecule has 0 atom stereocenters. The lowest BCUT2D eigenvalue weighted by Crippen LogP contribution is -2.16. The monoisotopic (exact) mass is 233 g/mol. The summed E-state index contributed by atoms with van der Waals surface area (Å²) in [6.45, 7) is 7.55. The van der Waals surface area contributed by atoms with Crippen LogP contribution in [-0.4, -0.2) is 11.1 Å². The largest absolute Gasteiger partial charge is 0.298 e. The van der Waals surface area contributed by atoms with E-state index in [9.17, 15) is 9.28 Å². The van der Waals surface area contributed by atoms with E-state index >= 15 is 0 Å². The summed E-state index contributed by atoms with van der Waals surface area (Å²) in [4.78, 5) is 11.9. The zero-order valence-electron chi connectivity index (χ0n) is 10.5. The zero-order chi connectivity index (χ0) is 12.8. The maximum atomic E-state index is 14.4. The number of hydrogen-bond donors (Lipinski definition) is 0. The Kier molecular flexibility index (Phi) is 2.57. The molecule has 1 aromatic carbocycles. The van der Waals surface area contributed by atoms with E-state index in [0.29, 0.717) is 26.9 Å². The van der Waals surface area contributed by atoms with Gasteiger partial charge in [-0.05, 0) is 12.5 Å². The van der Waals surface area contributed by atoms with Crippen LogP contribution in [0.1, 0.15) is 42.4 Å². The van der Waals surface area contributed by atoms with Gasteiger partial charge in [-0.2, -0.15) is 4.79 Å². The molecule has 0 saturated heterocycles. The molecular formula is C14H16FNO. The number of hydrogen-bond acceptors (Lipinski definition) is 1. The van der Waals surface area contributed by atoms with Crippen molar-refractivity contribution in [3.05, 3.63) is 35.0 Å². The number of halogens is 1. The van der Waals surface area contributed by atoms with Crippen LogP contribution in [0, 0.1) is 6.92 Å². The van der Waals surface area contributed by atoms with Crippen LogP contribution in [0.3, 0.4) is 0 Å². The van der Waals surface area contributed by atoms with Gasteiger partial charge in [0.25, 0.3) is 0 Å². The molecule has 0 bridgehead atoms. The maximum absolute atomic E-state index is 14.4. The molecule has 2 rings (SSSR count). The molecule has 2 aromatic rings. The van der Waals surface area contributed by atoms with E-state index in [0.717, 1.165) is 11.8 Å². The summed E-state index contributed by atoms with van der Waals surface area (Å²) in [6, 6.07) is 5.48. The van der Waals surface area contributed by atoms with Crippen LogP contribution in [0.4, 0.5) is 4.48 Å². The summed E-state index contributed by atoms with van der Waals surface area (Å²) < 4.78 is 14.4. The van der Waals surface area contributed by atoms with E-state index in [1.54, 1.807) is 6.07 Å². The normalized spacial score (nSPS) is 12.1. The molecule has 0 unspecified atom stereocenters. The Bertz CT molecular complexity index is 590. The van der Waals surface area contributed by atoms with Gasteiger partial charge in [0.2, 0.25) is 0 Å². The number of benzene rings is 1. The van der Waals surface area contributed by atoms with Crippen molar-refractivity contribution in [2.75, 3.05) is 0 Å². The molecule has 0 radical (unpaired) electrons. The molecule has 0 saturated carbocycles. The number of nitrogens with zero attached hydrogens (tertiary/aromatic N) is 1. The molecule has 1 aromatic heterocycles. The minimum atomic E-state index is -0.406. The number of para-hydroxylation sites is 1. The van der Waals surface area contributed by atoms with Crippen LogP contribution in [0.15, 0.2) is 18.2 Å². The van der Waals surface area contributed by atoms with Crippen molar-refractivity contribution in [2.45, 2.75) is 33.1 Å². The minimum Gasteiger partial charge on any atom is -0.298 e. The summed E-state index contributed by atoms with van der Waals surface area (Å²) >= 11 is 0. The smallest absolute Gasteiger partial charge is 0.152 e. The number of carbonyl (C=O) groups excluding carboxylic acids is 1. The lowest BCUT2D eigenvalue weighted by atomic mass is 9.89. The van der Waals surface area contributed by atoms with Gasteiger partial charge in [-0.15, -0.1) is 0 Å². The fraction of sp³-hybridized carbons (Fsp3) is 0.357. The minimum absolute atomic E-state index is 0.406. The summed E-state index contributed by atoms with van der Waals surface area (Å²) in [5, 5.41) is 0.687. The van der Waals surface area contributed by atoms with Crippen LogP contribution >= 0.6 is 0 Å². The third kappa shape index (κ3) is 1.66. The molecule has 1 heterocycles. The quantitative estimate of drug-likeness (QED) is 0.687. The van der Waals surface area contributed by atoms with Gasteiger partial charge < -0.3 is 0 Å². The standard InChI is InChI=1S/C14H16FNO/c1-9-6-5-7-10-11(8-17)13(14(2,3)4)16(15)12(9)10/h5-8H,1-4H3. The number of aryl methyl sites for hydroxylation is 1. The number of aromatic nitrogens is 1. The van der Waals surface area contributed by atoms with Crippen molar-refractivity contribution in [3.8, 4) is 0 Å². The first kappa shape index (κ1) is 11.8. The van der Waals surface area contributed by atoms with Crippen LogP contribution in [0.5, 0.6) is 0 Å². The molecular weight excluding hydrogens is 217 g/mol. The zero-order valence-corrected chi connectivity index (χ0v) is 10.5. The van der Waals surface area contributed by atoms with Crippen molar-refractivity contribution in [1.82, 2.24) is 4.79 Å². The van der Waals surface area contributed by atoms with Crippen molar-refractivity contribution in [2.24, 2.45) is 0 Å². The van der Waals surface area contributed by atoms with Gasteiger partial charge in [-0.1, -0.05) is 43.5 Å². The van der Waals surface area contributed by atoms with Gasteiger partial charge in [-0.3, -0.25) is 4.79 Å². The third-order valence-electron chi connectivity index (χ3n) is 3.00. The lowest BCUT2D eigenvalue weighted by molar-refractivity contribution is 0.112. The Labute approximate surface area is 100.0 Å². The Hall–Kier alpha value is -1.64. The second-order valence-corrected chi connectivity index (χ2v) is 5.38. The fourth-order valence-corrected chi connectivity index (χ4v) is 2.30. The Morgan fingerprint density at radius 2 is 1.94 bits per heavy atom. The van der Waals surface area contributed by atoms with Gasteiger partial charge in [-0.25, -0.2) is 0 Å². The average Bonchev–Trinajstić information content (AvgIpc) is 2.52. The van der Waals surface area contributed by atoms with E-state index in [1.807, 2.05) is 39.8 Å². The molecule has 0 fully saturated rings. The van der Waals surface area contributed by atoms with Crippen LogP contribution in [0.2, 0.25) is 0 Å². The molecule has 17 heavy (non-hydrogen) atoms. The Balaban J connectivity index is 2.99. The second kappa shape index (κ2) is 3.69. The summed E-state index contributed by atoms with van der Waals surface area (Å²) in [5.74, 6) is 0. The van der Waals surface area contributed by atoms with Gasteiger partial charge >= 0.3 is 0 Å². The lowest BCUT2D eigenvalue weighted by Gasteiger charge is -2.18. The van der Waals surface area contributed by atoms with Gasteiger partial charge in [0, 0.05) is 16.4 Å². The van der Waals surface area contributed by atoms with Crippen LogP contribution < -0.4 is 0 Å². The van der Waals surface area contributed by atoms with Crippen molar-refractivity contribution < 1.29 is 9.28 Å². The van der Waals surface area contributed by atoms with Gasteiger partial charge in [0.1, 0.15) is 0 Å². The number of carbonyl (C=O) groups is 1. The SMILES string of the molecule is Cc1cccc2c(C=O)c(C(C)(C)C)n(F)c12. The summed E-state index contributed by atoms with van der Waals surface area (Å²) in [6.07, 6.45) is 0.748. The predicted octanol–water partition coefficient (Wildman–Crippen LogP) is 3.79. The molecule has 90 valence electrons. The second-order valence-electron chi connectivity index (χ2n) is 5.38. The first-order valence-electron chi connectivity index (χ1n) is 5.63. The highest BCUT2D eigenvalue weighted by atomic mass is 19.2. The molecule has 0 aliphatic heterocycles. The molecule has 0 aliphatic carbocycles. The topological polar surface area (TPSA) is 22.0 Å². The fourth-order valence-electron chi connectivity index (χ4n) is 2.30. The molecule has 2 nitrogen and oxygen atoms in total. The maximum Gasteiger partial charge on any atom is 0.152 e. The van der Waals surface area contributed by atoms with Crippen molar-refractivity contribution in [3.63, 3.8) is 0 Å². The van der Waals surface area contributed by atoms with E-state index < -0.39 is 5.41 Å². The van der Waals surface area contributed by atoms with E-state index in [1.165, 1.54) is 0 Å². The number of rotatable bonds is 1. The molecule has 0 amide bonds. The molecule has 0 aliphatic rings. The molecule has 0 N–H and O–H groups in total. The molecule has 0 spiro atoms. The molecule has 3 heteroatoms.